The summed E-state index contributed by atoms with van der Waals surface area (Å²) in [4.78, 5) is 26.1. The zero-order valence-electron chi connectivity index (χ0n) is 21.6. The van der Waals surface area contributed by atoms with E-state index >= 15 is 4.39 Å². The molecule has 0 unspecified atom stereocenters. The number of rotatable bonds is 7. The van der Waals surface area contributed by atoms with Gasteiger partial charge in [-0.1, -0.05) is 41.5 Å². The zero-order valence-corrected chi connectivity index (χ0v) is 23.6. The van der Waals surface area contributed by atoms with Crippen LogP contribution in [0.25, 0.3) is 0 Å². The maximum absolute atomic E-state index is 16.0. The molecule has 0 aromatic carbocycles. The first-order valence-corrected chi connectivity index (χ1v) is 17.2. The summed E-state index contributed by atoms with van der Waals surface area (Å²) in [5, 5.41) is 10.2. The van der Waals surface area contributed by atoms with Gasteiger partial charge in [-0.25, -0.2) is 9.18 Å². The van der Waals surface area contributed by atoms with E-state index in [0.717, 1.165) is 10.6 Å². The first kappa shape index (κ1) is 28.1. The van der Waals surface area contributed by atoms with Crippen LogP contribution in [0.4, 0.5) is 4.39 Å². The summed E-state index contributed by atoms with van der Waals surface area (Å²) in [6.07, 6.45) is -3.10. The van der Waals surface area contributed by atoms with Gasteiger partial charge in [-0.15, -0.1) is 0 Å². The first-order chi connectivity index (χ1) is 14.8. The Hall–Kier alpha value is -1.12. The molecule has 0 saturated carbocycles. The number of hydrogen-bond donors (Lipinski definition) is 2. The molecule has 0 aliphatic carbocycles. The van der Waals surface area contributed by atoms with Gasteiger partial charge in [-0.2, -0.15) is 0 Å². The van der Waals surface area contributed by atoms with Crippen LogP contribution in [0, 0.1) is 0 Å². The molecule has 1 aromatic rings. The number of H-pyrrole nitrogens is 1. The van der Waals surface area contributed by atoms with E-state index in [1.165, 1.54) is 6.20 Å². The van der Waals surface area contributed by atoms with Crippen molar-refractivity contribution in [2.45, 2.75) is 102 Å². The van der Waals surface area contributed by atoms with Crippen molar-refractivity contribution in [3.8, 4) is 0 Å². The van der Waals surface area contributed by atoms with Gasteiger partial charge >= 0.3 is 5.69 Å². The average Bonchev–Trinajstić information content (AvgIpc) is 2.91. The summed E-state index contributed by atoms with van der Waals surface area (Å²) in [6, 6.07) is 1.13. The number of nitrogens with zero attached hydrogens (tertiary/aromatic N) is 1. The van der Waals surface area contributed by atoms with Crippen LogP contribution in [-0.4, -0.2) is 62.4 Å². The van der Waals surface area contributed by atoms with E-state index in [4.69, 9.17) is 13.6 Å². The quantitative estimate of drug-likeness (QED) is 0.551. The molecule has 0 radical (unpaired) electrons. The molecule has 1 fully saturated rings. The minimum Gasteiger partial charge on any atom is -0.414 e. The van der Waals surface area contributed by atoms with Crippen LogP contribution in [0.3, 0.4) is 0 Å². The van der Waals surface area contributed by atoms with E-state index in [2.05, 4.69) is 38.8 Å². The lowest BCUT2D eigenvalue weighted by molar-refractivity contribution is -0.145. The van der Waals surface area contributed by atoms with E-state index < -0.39 is 58.6 Å². The van der Waals surface area contributed by atoms with E-state index in [9.17, 15) is 14.7 Å². The Balaban J connectivity index is 2.54. The fourth-order valence-electron chi connectivity index (χ4n) is 3.12. The van der Waals surface area contributed by atoms with E-state index in [1.54, 1.807) is 0 Å². The summed E-state index contributed by atoms with van der Waals surface area (Å²) in [7, 11) is -4.78. The molecule has 4 atom stereocenters. The summed E-state index contributed by atoms with van der Waals surface area (Å²) in [5.41, 5.74) is -2.89. The normalized spacial score (nSPS) is 27.2. The minimum atomic E-state index is -2.50. The summed E-state index contributed by atoms with van der Waals surface area (Å²) in [6.45, 7) is 19.9. The lowest BCUT2D eigenvalue weighted by atomic mass is 9.98. The van der Waals surface area contributed by atoms with Crippen LogP contribution in [0.1, 0.15) is 47.8 Å². The Bertz CT molecular complexity index is 950. The fourth-order valence-corrected chi connectivity index (χ4v) is 5.50. The monoisotopic (exact) mass is 504 g/mol. The van der Waals surface area contributed by atoms with Crippen molar-refractivity contribution in [2.24, 2.45) is 0 Å². The van der Waals surface area contributed by atoms with Crippen LogP contribution in [0.5, 0.6) is 0 Å². The smallest absolute Gasteiger partial charge is 0.330 e. The van der Waals surface area contributed by atoms with Crippen molar-refractivity contribution in [3.05, 3.63) is 33.1 Å². The number of aromatic amines is 1. The number of halogens is 1. The van der Waals surface area contributed by atoms with E-state index in [1.807, 2.05) is 33.9 Å². The molecule has 8 nitrogen and oxygen atoms in total. The first-order valence-electron chi connectivity index (χ1n) is 11.3. The topological polar surface area (TPSA) is 103 Å². The molecule has 0 amide bonds. The molecule has 190 valence electrons. The molecule has 1 aromatic heterocycles. The molecule has 1 aliphatic rings. The number of hydrogen-bond acceptors (Lipinski definition) is 6. The minimum absolute atomic E-state index is 0.0751. The summed E-state index contributed by atoms with van der Waals surface area (Å²) >= 11 is 0. The van der Waals surface area contributed by atoms with Gasteiger partial charge in [0.25, 0.3) is 5.56 Å². The Morgan fingerprint density at radius 3 is 2.12 bits per heavy atom. The number of nitrogens with one attached hydrogen (secondary N) is 1. The molecule has 1 saturated heterocycles. The molecule has 0 bridgehead atoms. The van der Waals surface area contributed by atoms with Crippen molar-refractivity contribution < 1.29 is 23.1 Å². The molecule has 2 N–H and O–H groups in total. The zero-order chi connectivity index (χ0) is 25.6. The third kappa shape index (κ3) is 5.59. The molecular weight excluding hydrogens is 463 g/mol. The number of aliphatic hydroxyl groups excluding tert-OH is 1. The second kappa shape index (κ2) is 9.16. The van der Waals surface area contributed by atoms with Crippen molar-refractivity contribution >= 4 is 16.6 Å². The van der Waals surface area contributed by atoms with Gasteiger partial charge in [-0.05, 0) is 36.3 Å². The predicted molar refractivity (Wildman–Crippen MR) is 131 cm³/mol. The molecule has 2 heterocycles. The van der Waals surface area contributed by atoms with E-state index in [0.29, 0.717) is 0 Å². The Kier molecular flexibility index (Phi) is 7.80. The second-order valence-corrected chi connectivity index (χ2v) is 21.6. The van der Waals surface area contributed by atoms with Gasteiger partial charge in [0.2, 0.25) is 0 Å². The second-order valence-electron chi connectivity index (χ2n) is 12.0. The van der Waals surface area contributed by atoms with Crippen molar-refractivity contribution in [1.29, 1.82) is 0 Å². The van der Waals surface area contributed by atoms with Crippen molar-refractivity contribution in [3.63, 3.8) is 0 Å². The summed E-state index contributed by atoms with van der Waals surface area (Å²) in [5.74, 6) is 0. The highest BCUT2D eigenvalue weighted by molar-refractivity contribution is 6.74. The Morgan fingerprint density at radius 2 is 1.67 bits per heavy atom. The van der Waals surface area contributed by atoms with Gasteiger partial charge in [-0.3, -0.25) is 14.3 Å². The number of ether oxygens (including phenoxy) is 1. The fraction of sp³-hybridized carbons (Fsp3) is 0.818. The number of alkyl halides is 1. The molecule has 33 heavy (non-hydrogen) atoms. The van der Waals surface area contributed by atoms with Gasteiger partial charge < -0.3 is 18.7 Å². The van der Waals surface area contributed by atoms with Gasteiger partial charge in [0.1, 0.15) is 11.7 Å². The third-order valence-corrected chi connectivity index (χ3v) is 16.5. The van der Waals surface area contributed by atoms with Crippen molar-refractivity contribution in [2.75, 3.05) is 13.2 Å². The standard InChI is InChI=1S/C22H41FN2O6Si2/c1-20(2,3)32(7,8)29-14-22(13-26)17(31-33(9,10)21(4,5)6)16(23)18(30-22)25-12-11-15(27)24-19(25)28/h11-12,16-18,26H,13-14H2,1-10H3,(H,24,27,28)/t16-,17-,18+,22+/m0/s1. The maximum Gasteiger partial charge on any atom is 0.330 e. The third-order valence-electron chi connectivity index (χ3n) is 7.54. The summed E-state index contributed by atoms with van der Waals surface area (Å²) < 4.78 is 36.0. The van der Waals surface area contributed by atoms with Crippen molar-refractivity contribution in [1.82, 2.24) is 9.55 Å². The van der Waals surface area contributed by atoms with Gasteiger partial charge in [0.15, 0.2) is 29.0 Å². The highest BCUT2D eigenvalue weighted by Crippen LogP contribution is 2.47. The van der Waals surface area contributed by atoms with Gasteiger partial charge in [0.05, 0.1) is 13.2 Å². The lowest BCUT2D eigenvalue weighted by Crippen LogP contribution is -2.58. The van der Waals surface area contributed by atoms with Crippen LogP contribution < -0.4 is 11.2 Å². The van der Waals surface area contributed by atoms with Crippen LogP contribution >= 0.6 is 0 Å². The largest absolute Gasteiger partial charge is 0.414 e. The molecule has 11 heteroatoms. The number of aliphatic hydroxyl groups is 1. The van der Waals surface area contributed by atoms with E-state index in [-0.39, 0.29) is 16.7 Å². The number of aromatic nitrogens is 2. The average molecular weight is 505 g/mol. The van der Waals surface area contributed by atoms with Crippen LogP contribution in [0.15, 0.2) is 21.9 Å². The lowest BCUT2D eigenvalue weighted by Gasteiger charge is -2.44. The molecule has 0 spiro atoms. The van der Waals surface area contributed by atoms with Crippen LogP contribution in [-0.2, 0) is 13.6 Å². The van der Waals surface area contributed by atoms with Gasteiger partial charge in [0, 0.05) is 12.3 Å². The Labute approximate surface area is 197 Å². The highest BCUT2D eigenvalue weighted by atomic mass is 28.4. The molecule has 1 aliphatic heterocycles. The van der Waals surface area contributed by atoms with Crippen LogP contribution in [0.2, 0.25) is 36.3 Å². The molecular formula is C22H41FN2O6Si2. The highest BCUT2D eigenvalue weighted by Gasteiger charge is 2.60. The molecule has 2 rings (SSSR count). The Morgan fingerprint density at radius 1 is 1.12 bits per heavy atom. The predicted octanol–water partition coefficient (Wildman–Crippen LogP) is 3.55. The maximum atomic E-state index is 16.0. The SMILES string of the molecule is CC(C)(C)[Si](C)(C)OC[C@@]1(CO)O[C@@H](n2ccc(=O)[nH]c2=O)[C@@H](F)[C@@H]1O[Si](C)(C)C(C)(C)C.